The second-order valence-corrected chi connectivity index (χ2v) is 8.99. The molecule has 1 aromatic heterocycles. The molecule has 0 saturated carbocycles. The van der Waals surface area contributed by atoms with Crippen LogP contribution in [0.15, 0.2) is 47.5 Å². The zero-order valence-corrected chi connectivity index (χ0v) is 18.7. The summed E-state index contributed by atoms with van der Waals surface area (Å²) in [4.78, 5) is 0.759. The van der Waals surface area contributed by atoms with Crippen LogP contribution in [-0.4, -0.2) is 0 Å². The number of allylic oxidation sites excluding steroid dienone is 2. The molecule has 0 aliphatic heterocycles. The number of thiophene rings is 1. The van der Waals surface area contributed by atoms with Gasteiger partial charge in [-0.2, -0.15) is 47.4 Å². The van der Waals surface area contributed by atoms with Gasteiger partial charge in [-0.25, -0.2) is 0 Å². The van der Waals surface area contributed by atoms with E-state index in [1.807, 2.05) is 0 Å². The number of hydrogen-bond donors (Lipinski definition) is 0. The Morgan fingerprint density at radius 3 is 1.22 bits per heavy atom. The van der Waals surface area contributed by atoms with Crippen molar-refractivity contribution >= 4 is 22.5 Å². The molecule has 2 aliphatic rings. The molecule has 5 rings (SSSR count). The van der Waals surface area contributed by atoms with E-state index in [-0.39, 0.29) is 33.4 Å². The van der Waals surface area contributed by atoms with Crippen molar-refractivity contribution in [1.82, 2.24) is 0 Å². The lowest BCUT2D eigenvalue weighted by atomic mass is 9.91. The standard InChI is InChI=1S/C26H6F6N4S/c27-25(28,29)13-1-3-15-17(5-13)19(11(7-33)8-34)21-22-20(12(9-35)10-36)18-6-14(26(30,31)32)2-4-16(18)24(22)37-23(15)21/h1-6H. The number of halogens is 6. The third kappa shape index (κ3) is 3.33. The van der Waals surface area contributed by atoms with Gasteiger partial charge in [-0.15, -0.1) is 11.3 Å². The summed E-state index contributed by atoms with van der Waals surface area (Å²) in [5.41, 5.74) is -2.55. The topological polar surface area (TPSA) is 95.2 Å². The third-order valence-corrected chi connectivity index (χ3v) is 7.33. The molecule has 0 saturated heterocycles. The molecule has 0 amide bonds. The Balaban J connectivity index is 1.92. The number of nitriles is 4. The maximum atomic E-state index is 13.5. The van der Waals surface area contributed by atoms with E-state index < -0.39 is 34.6 Å². The van der Waals surface area contributed by atoms with Gasteiger partial charge in [0.15, 0.2) is 0 Å². The smallest absolute Gasteiger partial charge is 0.192 e. The maximum absolute atomic E-state index is 13.5. The Labute approximate surface area is 208 Å². The van der Waals surface area contributed by atoms with Gasteiger partial charge in [0.2, 0.25) is 0 Å². The lowest BCUT2D eigenvalue weighted by Gasteiger charge is -2.11. The average molecular weight is 520 g/mol. The summed E-state index contributed by atoms with van der Waals surface area (Å²) < 4.78 is 80.9. The lowest BCUT2D eigenvalue weighted by Crippen LogP contribution is -2.05. The minimum atomic E-state index is -4.72. The van der Waals surface area contributed by atoms with E-state index in [0.717, 1.165) is 35.6 Å². The number of nitrogens with zero attached hydrogens (tertiary/aromatic N) is 4. The predicted molar refractivity (Wildman–Crippen MR) is 120 cm³/mol. The van der Waals surface area contributed by atoms with Crippen LogP contribution in [-0.2, 0) is 12.4 Å². The van der Waals surface area contributed by atoms with Crippen molar-refractivity contribution in [2.75, 3.05) is 0 Å². The Morgan fingerprint density at radius 2 is 0.919 bits per heavy atom. The fourth-order valence-electron chi connectivity index (χ4n) is 4.60. The SMILES string of the molecule is N#CC(C#N)=C1c2cc(C(F)(F)F)ccc2-c2sc3c(c21)C(=C(C#N)C#N)c1cc(C(F)(F)F)ccc1-3. The summed E-state index contributed by atoms with van der Waals surface area (Å²) in [5, 5.41) is 38.5. The Kier molecular flexibility index (Phi) is 5.05. The third-order valence-electron chi connectivity index (χ3n) is 6.08. The van der Waals surface area contributed by atoms with Crippen molar-refractivity contribution in [2.45, 2.75) is 12.4 Å². The van der Waals surface area contributed by atoms with Gasteiger partial charge in [0.1, 0.15) is 35.4 Å². The van der Waals surface area contributed by atoms with E-state index in [1.165, 1.54) is 12.1 Å². The first-order chi connectivity index (χ1) is 17.5. The Morgan fingerprint density at radius 1 is 0.568 bits per heavy atom. The van der Waals surface area contributed by atoms with Crippen LogP contribution in [0.3, 0.4) is 0 Å². The van der Waals surface area contributed by atoms with E-state index in [0.29, 0.717) is 20.9 Å². The minimum absolute atomic E-state index is 0.0428. The van der Waals surface area contributed by atoms with Crippen LogP contribution in [0, 0.1) is 45.3 Å². The largest absolute Gasteiger partial charge is 0.416 e. The van der Waals surface area contributed by atoms with Crippen LogP contribution in [0.1, 0.15) is 33.4 Å². The average Bonchev–Trinajstić information content (AvgIpc) is 3.46. The van der Waals surface area contributed by atoms with Crippen molar-refractivity contribution in [3.63, 3.8) is 0 Å². The van der Waals surface area contributed by atoms with Crippen LogP contribution < -0.4 is 0 Å². The van der Waals surface area contributed by atoms with Gasteiger partial charge in [-0.05, 0) is 35.4 Å². The molecular weight excluding hydrogens is 514 g/mol. The molecule has 4 nitrogen and oxygen atoms in total. The lowest BCUT2D eigenvalue weighted by molar-refractivity contribution is -0.138. The molecular formula is C26H6F6N4S. The number of hydrogen-bond acceptors (Lipinski definition) is 5. The summed E-state index contributed by atoms with van der Waals surface area (Å²) in [5.74, 6) is 0. The molecule has 37 heavy (non-hydrogen) atoms. The van der Waals surface area contributed by atoms with Crippen molar-refractivity contribution in [1.29, 1.82) is 21.0 Å². The summed E-state index contributed by atoms with van der Waals surface area (Å²) in [6.45, 7) is 0. The van der Waals surface area contributed by atoms with Crippen LogP contribution in [0.2, 0.25) is 0 Å². The van der Waals surface area contributed by atoms with E-state index in [2.05, 4.69) is 0 Å². The highest BCUT2D eigenvalue weighted by molar-refractivity contribution is 7.20. The fraction of sp³-hybridized carbons (Fsp3) is 0.0769. The van der Waals surface area contributed by atoms with Crippen molar-refractivity contribution in [3.05, 3.63) is 80.9 Å². The fourth-order valence-corrected chi connectivity index (χ4v) is 5.99. The number of rotatable bonds is 0. The van der Waals surface area contributed by atoms with Crippen molar-refractivity contribution in [2.24, 2.45) is 0 Å². The first kappa shape index (κ1) is 23.9. The molecule has 0 N–H and O–H groups in total. The van der Waals surface area contributed by atoms with Gasteiger partial charge in [0.05, 0.1) is 11.1 Å². The highest BCUT2D eigenvalue weighted by Gasteiger charge is 2.42. The molecule has 0 unspecified atom stereocenters. The number of fused-ring (bicyclic) bond motifs is 7. The van der Waals surface area contributed by atoms with Gasteiger partial charge >= 0.3 is 12.4 Å². The molecule has 2 aliphatic carbocycles. The Hall–Kier alpha value is -4.84. The van der Waals surface area contributed by atoms with E-state index in [4.69, 9.17) is 0 Å². The summed E-state index contributed by atoms with van der Waals surface area (Å²) in [6, 6.07) is 12.5. The highest BCUT2D eigenvalue weighted by atomic mass is 32.1. The summed E-state index contributed by atoms with van der Waals surface area (Å²) in [7, 11) is 0. The van der Waals surface area contributed by atoms with Crippen LogP contribution in [0.4, 0.5) is 26.3 Å². The zero-order valence-electron chi connectivity index (χ0n) is 17.9. The maximum Gasteiger partial charge on any atom is 0.416 e. The van der Waals surface area contributed by atoms with Gasteiger partial charge in [0, 0.05) is 43.2 Å². The molecule has 0 spiro atoms. The monoisotopic (exact) mass is 520 g/mol. The second kappa shape index (κ2) is 7.83. The van der Waals surface area contributed by atoms with E-state index >= 15 is 0 Å². The van der Waals surface area contributed by atoms with Gasteiger partial charge in [0.25, 0.3) is 0 Å². The number of benzene rings is 2. The first-order valence-electron chi connectivity index (χ1n) is 10.2. The number of alkyl halides is 6. The predicted octanol–water partition coefficient (Wildman–Crippen LogP) is 7.44. The molecule has 0 bridgehead atoms. The van der Waals surface area contributed by atoms with Crippen LogP contribution in [0.25, 0.3) is 32.0 Å². The van der Waals surface area contributed by atoms with E-state index in [9.17, 15) is 47.4 Å². The van der Waals surface area contributed by atoms with Gasteiger partial charge in [-0.3, -0.25) is 0 Å². The van der Waals surface area contributed by atoms with Crippen molar-refractivity contribution < 1.29 is 26.3 Å². The normalized spacial score (nSPS) is 12.9. The molecule has 1 heterocycles. The van der Waals surface area contributed by atoms with Gasteiger partial charge < -0.3 is 0 Å². The van der Waals surface area contributed by atoms with E-state index in [1.54, 1.807) is 24.3 Å². The summed E-state index contributed by atoms with van der Waals surface area (Å²) in [6.07, 6.45) is -9.44. The second-order valence-electron chi connectivity index (χ2n) is 7.97. The minimum Gasteiger partial charge on any atom is -0.192 e. The highest BCUT2D eigenvalue weighted by Crippen LogP contribution is 2.61. The molecule has 178 valence electrons. The first-order valence-corrected chi connectivity index (χ1v) is 11.0. The van der Waals surface area contributed by atoms with Crippen LogP contribution in [0.5, 0.6) is 0 Å². The molecule has 11 heteroatoms. The molecule has 0 atom stereocenters. The summed E-state index contributed by atoms with van der Waals surface area (Å²) >= 11 is 1.04. The quantitative estimate of drug-likeness (QED) is 0.157. The van der Waals surface area contributed by atoms with Crippen LogP contribution >= 0.6 is 11.3 Å². The zero-order chi connectivity index (χ0) is 26.9. The molecule has 2 aromatic carbocycles. The molecule has 0 radical (unpaired) electrons. The van der Waals surface area contributed by atoms with Gasteiger partial charge in [-0.1, -0.05) is 12.1 Å². The Bertz CT molecular complexity index is 1630. The molecule has 0 fully saturated rings. The molecule has 3 aromatic rings. The van der Waals surface area contributed by atoms with Crippen molar-refractivity contribution in [3.8, 4) is 45.2 Å².